The SMILES string of the molecule is CC(C)(C)C1OCCCC1CNC1CCC1. The molecule has 2 rings (SSSR count). The summed E-state index contributed by atoms with van der Waals surface area (Å²) in [5, 5.41) is 3.71. The van der Waals surface area contributed by atoms with Crippen molar-refractivity contribution in [3.05, 3.63) is 0 Å². The van der Waals surface area contributed by atoms with E-state index in [0.29, 0.717) is 12.0 Å². The summed E-state index contributed by atoms with van der Waals surface area (Å²) in [6.45, 7) is 9.03. The molecule has 2 nitrogen and oxygen atoms in total. The number of nitrogens with one attached hydrogen (secondary N) is 1. The zero-order chi connectivity index (χ0) is 11.6. The second-order valence-corrected chi connectivity index (χ2v) is 6.60. The van der Waals surface area contributed by atoms with Crippen LogP contribution in [-0.4, -0.2) is 25.3 Å². The average molecular weight is 225 g/mol. The van der Waals surface area contributed by atoms with Gasteiger partial charge < -0.3 is 10.1 Å². The number of ether oxygens (including phenoxy) is 1. The van der Waals surface area contributed by atoms with E-state index >= 15 is 0 Å². The molecule has 2 atom stereocenters. The number of hydrogen-bond acceptors (Lipinski definition) is 2. The molecule has 0 amide bonds. The van der Waals surface area contributed by atoms with Gasteiger partial charge in [0.2, 0.25) is 0 Å². The van der Waals surface area contributed by atoms with E-state index < -0.39 is 0 Å². The van der Waals surface area contributed by atoms with E-state index in [4.69, 9.17) is 4.74 Å². The molecular weight excluding hydrogens is 198 g/mol. The largest absolute Gasteiger partial charge is 0.377 e. The topological polar surface area (TPSA) is 21.3 Å². The van der Waals surface area contributed by atoms with Crippen molar-refractivity contribution in [2.24, 2.45) is 11.3 Å². The van der Waals surface area contributed by atoms with Crippen molar-refractivity contribution < 1.29 is 4.74 Å². The summed E-state index contributed by atoms with van der Waals surface area (Å²) in [4.78, 5) is 0. The van der Waals surface area contributed by atoms with Crippen LogP contribution in [0.1, 0.15) is 52.9 Å². The maximum Gasteiger partial charge on any atom is 0.0663 e. The van der Waals surface area contributed by atoms with Crippen LogP contribution in [0.25, 0.3) is 0 Å². The van der Waals surface area contributed by atoms with Gasteiger partial charge in [0.05, 0.1) is 6.10 Å². The minimum atomic E-state index is 0.284. The fourth-order valence-electron chi connectivity index (χ4n) is 2.94. The summed E-state index contributed by atoms with van der Waals surface area (Å²) in [6.07, 6.45) is 7.20. The van der Waals surface area contributed by atoms with Crippen LogP contribution in [0.2, 0.25) is 0 Å². The molecule has 1 heterocycles. The predicted molar refractivity (Wildman–Crippen MR) is 67.6 cm³/mol. The van der Waals surface area contributed by atoms with Crippen molar-refractivity contribution in [3.63, 3.8) is 0 Å². The molecule has 16 heavy (non-hydrogen) atoms. The van der Waals surface area contributed by atoms with Gasteiger partial charge in [0.15, 0.2) is 0 Å². The summed E-state index contributed by atoms with van der Waals surface area (Å²) >= 11 is 0. The van der Waals surface area contributed by atoms with Crippen LogP contribution < -0.4 is 5.32 Å². The molecule has 0 aromatic rings. The molecule has 1 saturated heterocycles. The Morgan fingerprint density at radius 1 is 1.12 bits per heavy atom. The molecule has 1 N–H and O–H groups in total. The molecule has 2 fully saturated rings. The smallest absolute Gasteiger partial charge is 0.0663 e. The number of hydrogen-bond donors (Lipinski definition) is 1. The lowest BCUT2D eigenvalue weighted by molar-refractivity contribution is -0.0853. The number of rotatable bonds is 3. The maximum atomic E-state index is 6.00. The van der Waals surface area contributed by atoms with E-state index in [9.17, 15) is 0 Å². The maximum absolute atomic E-state index is 6.00. The summed E-state index contributed by atoms with van der Waals surface area (Å²) < 4.78 is 6.00. The zero-order valence-corrected chi connectivity index (χ0v) is 11.1. The Bertz CT molecular complexity index is 217. The summed E-state index contributed by atoms with van der Waals surface area (Å²) in [6, 6.07) is 0.808. The van der Waals surface area contributed by atoms with Crippen molar-refractivity contribution in [2.45, 2.75) is 65.0 Å². The molecule has 2 unspecified atom stereocenters. The van der Waals surface area contributed by atoms with Crippen molar-refractivity contribution in [3.8, 4) is 0 Å². The van der Waals surface area contributed by atoms with Crippen molar-refractivity contribution in [1.29, 1.82) is 0 Å². The van der Waals surface area contributed by atoms with Crippen LogP contribution in [0.15, 0.2) is 0 Å². The minimum Gasteiger partial charge on any atom is -0.377 e. The molecule has 0 aromatic heterocycles. The minimum absolute atomic E-state index is 0.284. The molecular formula is C14H27NO. The fraction of sp³-hybridized carbons (Fsp3) is 1.00. The van der Waals surface area contributed by atoms with Crippen LogP contribution >= 0.6 is 0 Å². The quantitative estimate of drug-likeness (QED) is 0.797. The third kappa shape index (κ3) is 2.98. The first kappa shape index (κ1) is 12.4. The Morgan fingerprint density at radius 3 is 2.44 bits per heavy atom. The van der Waals surface area contributed by atoms with Crippen LogP contribution in [0, 0.1) is 11.3 Å². The van der Waals surface area contributed by atoms with Crippen LogP contribution in [0.3, 0.4) is 0 Å². The monoisotopic (exact) mass is 225 g/mol. The molecule has 0 bridgehead atoms. The van der Waals surface area contributed by atoms with Crippen LogP contribution in [0.4, 0.5) is 0 Å². The Labute approximate surface area is 100 Å². The Balaban J connectivity index is 1.83. The molecule has 0 radical (unpaired) electrons. The highest BCUT2D eigenvalue weighted by Gasteiger charge is 2.35. The third-order valence-electron chi connectivity index (χ3n) is 4.07. The molecule has 0 spiro atoms. The van der Waals surface area contributed by atoms with E-state index in [1.807, 2.05) is 0 Å². The van der Waals surface area contributed by atoms with Gasteiger partial charge >= 0.3 is 0 Å². The van der Waals surface area contributed by atoms with E-state index in [2.05, 4.69) is 26.1 Å². The standard InChI is InChI=1S/C14H27NO/c1-14(2,3)13-11(6-5-9-16-13)10-15-12-7-4-8-12/h11-13,15H,4-10H2,1-3H3. The molecule has 94 valence electrons. The van der Waals surface area contributed by atoms with E-state index in [-0.39, 0.29) is 5.41 Å². The first-order valence-electron chi connectivity index (χ1n) is 6.92. The highest BCUT2D eigenvalue weighted by atomic mass is 16.5. The van der Waals surface area contributed by atoms with Gasteiger partial charge in [-0.3, -0.25) is 0 Å². The van der Waals surface area contributed by atoms with Crippen molar-refractivity contribution in [2.75, 3.05) is 13.2 Å². The summed E-state index contributed by atoms with van der Waals surface area (Å²) in [5.41, 5.74) is 0.284. The summed E-state index contributed by atoms with van der Waals surface area (Å²) in [5.74, 6) is 0.717. The second kappa shape index (κ2) is 5.05. The van der Waals surface area contributed by atoms with E-state index in [0.717, 1.165) is 19.2 Å². The van der Waals surface area contributed by atoms with Gasteiger partial charge in [-0.1, -0.05) is 27.2 Å². The Morgan fingerprint density at radius 2 is 1.88 bits per heavy atom. The average Bonchev–Trinajstić information content (AvgIpc) is 2.14. The Hall–Kier alpha value is -0.0800. The summed E-state index contributed by atoms with van der Waals surface area (Å²) in [7, 11) is 0. The molecule has 2 aliphatic rings. The zero-order valence-electron chi connectivity index (χ0n) is 11.1. The predicted octanol–water partition coefficient (Wildman–Crippen LogP) is 2.97. The molecule has 2 heteroatoms. The Kier molecular flexibility index (Phi) is 3.91. The lowest BCUT2D eigenvalue weighted by Crippen LogP contribution is -2.47. The van der Waals surface area contributed by atoms with Gasteiger partial charge in [-0.25, -0.2) is 0 Å². The lowest BCUT2D eigenvalue weighted by Gasteiger charge is -2.41. The van der Waals surface area contributed by atoms with Gasteiger partial charge in [-0.15, -0.1) is 0 Å². The van der Waals surface area contributed by atoms with Crippen LogP contribution in [0.5, 0.6) is 0 Å². The molecule has 0 aromatic carbocycles. The van der Waals surface area contributed by atoms with E-state index in [1.54, 1.807) is 0 Å². The lowest BCUT2D eigenvalue weighted by atomic mass is 9.77. The van der Waals surface area contributed by atoms with Gasteiger partial charge in [0, 0.05) is 19.2 Å². The molecule has 1 aliphatic carbocycles. The highest BCUT2D eigenvalue weighted by Crippen LogP contribution is 2.34. The third-order valence-corrected chi connectivity index (χ3v) is 4.07. The van der Waals surface area contributed by atoms with Gasteiger partial charge in [0.1, 0.15) is 0 Å². The van der Waals surface area contributed by atoms with Crippen molar-refractivity contribution in [1.82, 2.24) is 5.32 Å². The van der Waals surface area contributed by atoms with E-state index in [1.165, 1.54) is 32.1 Å². The molecule has 1 aliphatic heterocycles. The van der Waals surface area contributed by atoms with Gasteiger partial charge in [-0.2, -0.15) is 0 Å². The normalized spacial score (nSPS) is 32.4. The first-order chi connectivity index (χ1) is 7.57. The van der Waals surface area contributed by atoms with Crippen LogP contribution in [-0.2, 0) is 4.74 Å². The highest BCUT2D eigenvalue weighted by molar-refractivity contribution is 4.87. The fourth-order valence-corrected chi connectivity index (χ4v) is 2.94. The van der Waals surface area contributed by atoms with Gasteiger partial charge in [-0.05, 0) is 37.0 Å². The first-order valence-corrected chi connectivity index (χ1v) is 6.92. The molecule has 1 saturated carbocycles. The van der Waals surface area contributed by atoms with Crippen molar-refractivity contribution >= 4 is 0 Å². The van der Waals surface area contributed by atoms with Gasteiger partial charge in [0.25, 0.3) is 0 Å². The second-order valence-electron chi connectivity index (χ2n) is 6.60.